The van der Waals surface area contributed by atoms with Crippen LogP contribution < -0.4 is 10.6 Å². The highest BCUT2D eigenvalue weighted by molar-refractivity contribution is 5.11. The van der Waals surface area contributed by atoms with Gasteiger partial charge in [-0.2, -0.15) is 0 Å². The largest absolute Gasteiger partial charge is 0.379 e. The number of pyridine rings is 1. The second-order valence-electron chi connectivity index (χ2n) is 7.49. The summed E-state index contributed by atoms with van der Waals surface area (Å²) in [5, 5.41) is 7.04. The summed E-state index contributed by atoms with van der Waals surface area (Å²) in [6.45, 7) is 13.3. The van der Waals surface area contributed by atoms with Gasteiger partial charge in [-0.05, 0) is 12.1 Å². The first-order chi connectivity index (χ1) is 14.4. The highest BCUT2D eigenvalue weighted by atomic mass is 16.5. The van der Waals surface area contributed by atoms with Crippen molar-refractivity contribution in [3.05, 3.63) is 29.6 Å². The Morgan fingerprint density at radius 1 is 0.621 bits per heavy atom. The van der Waals surface area contributed by atoms with E-state index in [-0.39, 0.29) is 0 Å². The van der Waals surface area contributed by atoms with Gasteiger partial charge in [0.15, 0.2) is 0 Å². The van der Waals surface area contributed by atoms with E-state index in [0.717, 1.165) is 103 Å². The van der Waals surface area contributed by atoms with Crippen LogP contribution >= 0.6 is 0 Å². The Morgan fingerprint density at radius 2 is 1.07 bits per heavy atom. The molecule has 4 bridgehead atoms. The molecule has 3 heterocycles. The molecule has 2 aliphatic heterocycles. The molecular formula is C21H37N5O3. The Hall–Kier alpha value is -1.13. The van der Waals surface area contributed by atoms with E-state index < -0.39 is 0 Å². The quantitative estimate of drug-likeness (QED) is 0.580. The van der Waals surface area contributed by atoms with Crippen LogP contribution in [0.4, 0.5) is 0 Å². The van der Waals surface area contributed by atoms with Gasteiger partial charge in [0.1, 0.15) is 0 Å². The van der Waals surface area contributed by atoms with E-state index in [2.05, 4.69) is 38.6 Å². The Bertz CT molecular complexity index is 520. The van der Waals surface area contributed by atoms with Crippen molar-refractivity contribution in [2.45, 2.75) is 13.1 Å². The van der Waals surface area contributed by atoms with Crippen LogP contribution in [0.15, 0.2) is 18.2 Å². The minimum atomic E-state index is 0.658. The number of fused-ring (bicyclic) bond motifs is 8. The maximum atomic E-state index is 5.93. The third kappa shape index (κ3) is 9.48. The van der Waals surface area contributed by atoms with Crippen LogP contribution in [0.5, 0.6) is 0 Å². The smallest absolute Gasteiger partial charge is 0.0701 e. The number of rotatable bonds is 0. The molecule has 0 spiro atoms. The minimum absolute atomic E-state index is 0.658. The van der Waals surface area contributed by atoms with Crippen molar-refractivity contribution < 1.29 is 14.2 Å². The van der Waals surface area contributed by atoms with Crippen LogP contribution in [0, 0.1) is 0 Å². The van der Waals surface area contributed by atoms with E-state index in [1.165, 1.54) is 0 Å². The van der Waals surface area contributed by atoms with E-state index >= 15 is 0 Å². The van der Waals surface area contributed by atoms with Crippen molar-refractivity contribution in [2.24, 2.45) is 0 Å². The topological polar surface area (TPSA) is 71.1 Å². The maximum absolute atomic E-state index is 5.93. The van der Waals surface area contributed by atoms with Gasteiger partial charge in [-0.3, -0.25) is 14.8 Å². The highest BCUT2D eigenvalue weighted by Crippen LogP contribution is 2.00. The van der Waals surface area contributed by atoms with Gasteiger partial charge < -0.3 is 24.8 Å². The lowest BCUT2D eigenvalue weighted by atomic mass is 10.3. The third-order valence-electron chi connectivity index (χ3n) is 5.27. The summed E-state index contributed by atoms with van der Waals surface area (Å²) in [5.41, 5.74) is 2.18. The standard InChI is InChI=1S/C21H37N5O3/c1-2-20-18-22-4-6-25-8-12-27-13-9-26(7-5-23-19-21(3-1)24-20)11-15-29-17-16-28-14-10-25/h1-3,22-23H,4-19H2. The molecule has 0 saturated carbocycles. The summed E-state index contributed by atoms with van der Waals surface area (Å²) in [6, 6.07) is 6.27. The number of hydrogen-bond acceptors (Lipinski definition) is 8. The molecule has 1 aromatic rings. The minimum Gasteiger partial charge on any atom is -0.379 e. The van der Waals surface area contributed by atoms with Crippen molar-refractivity contribution in [1.82, 2.24) is 25.4 Å². The molecule has 0 aromatic carbocycles. The Labute approximate surface area is 174 Å². The monoisotopic (exact) mass is 407 g/mol. The first-order valence-corrected chi connectivity index (χ1v) is 10.9. The zero-order valence-electron chi connectivity index (χ0n) is 17.6. The molecule has 0 amide bonds. The number of hydrogen-bond donors (Lipinski definition) is 2. The van der Waals surface area contributed by atoms with Gasteiger partial charge in [-0.1, -0.05) is 6.07 Å². The lowest BCUT2D eigenvalue weighted by Crippen LogP contribution is -2.38. The van der Waals surface area contributed by atoms with Crippen LogP contribution in [-0.2, 0) is 27.3 Å². The lowest BCUT2D eigenvalue weighted by Gasteiger charge is -2.24. The Kier molecular flexibility index (Phi) is 10.9. The molecule has 1 fully saturated rings. The number of ether oxygens (including phenoxy) is 3. The van der Waals surface area contributed by atoms with E-state index in [1.54, 1.807) is 0 Å². The summed E-state index contributed by atoms with van der Waals surface area (Å²) >= 11 is 0. The summed E-state index contributed by atoms with van der Waals surface area (Å²) in [4.78, 5) is 9.58. The fourth-order valence-electron chi connectivity index (χ4n) is 3.50. The Balaban J connectivity index is 1.62. The zero-order valence-corrected chi connectivity index (χ0v) is 17.6. The second kappa shape index (κ2) is 14.0. The molecule has 2 aliphatic rings. The first kappa shape index (κ1) is 22.6. The summed E-state index contributed by atoms with van der Waals surface area (Å²) < 4.78 is 17.4. The van der Waals surface area contributed by atoms with Crippen LogP contribution in [-0.4, -0.2) is 107 Å². The number of nitrogens with zero attached hydrogens (tertiary/aromatic N) is 3. The highest BCUT2D eigenvalue weighted by Gasteiger charge is 2.09. The molecule has 2 unspecified atom stereocenters. The fourth-order valence-corrected chi connectivity index (χ4v) is 3.50. The summed E-state index contributed by atoms with van der Waals surface area (Å²) in [5.74, 6) is 0. The van der Waals surface area contributed by atoms with Crippen molar-refractivity contribution in [1.29, 1.82) is 0 Å². The zero-order chi connectivity index (χ0) is 20.0. The average molecular weight is 408 g/mol. The maximum Gasteiger partial charge on any atom is 0.0701 e. The van der Waals surface area contributed by atoms with Crippen LogP contribution in [0.25, 0.3) is 0 Å². The molecule has 0 radical (unpaired) electrons. The lowest BCUT2D eigenvalue weighted by molar-refractivity contribution is 0.0324. The molecule has 2 atom stereocenters. The van der Waals surface area contributed by atoms with E-state index in [4.69, 9.17) is 19.2 Å². The molecule has 2 N–H and O–H groups in total. The van der Waals surface area contributed by atoms with Crippen LogP contribution in [0.2, 0.25) is 0 Å². The van der Waals surface area contributed by atoms with Crippen LogP contribution in [0.3, 0.4) is 0 Å². The van der Waals surface area contributed by atoms with Crippen molar-refractivity contribution in [2.75, 3.05) is 92.0 Å². The second-order valence-corrected chi connectivity index (χ2v) is 7.49. The summed E-state index contributed by atoms with van der Waals surface area (Å²) in [7, 11) is 0. The molecule has 1 aromatic heterocycles. The molecule has 1 saturated heterocycles. The number of aromatic nitrogens is 1. The van der Waals surface area contributed by atoms with Gasteiger partial charge >= 0.3 is 0 Å². The molecule has 3 rings (SSSR count). The van der Waals surface area contributed by atoms with Gasteiger partial charge in [0, 0.05) is 65.4 Å². The molecule has 8 heteroatoms. The first-order valence-electron chi connectivity index (χ1n) is 10.9. The van der Waals surface area contributed by atoms with Gasteiger partial charge in [0.2, 0.25) is 0 Å². The molecule has 164 valence electrons. The van der Waals surface area contributed by atoms with Gasteiger partial charge in [0.25, 0.3) is 0 Å². The normalized spacial score (nSPS) is 27.2. The van der Waals surface area contributed by atoms with Gasteiger partial charge in [-0.15, -0.1) is 0 Å². The van der Waals surface area contributed by atoms with E-state index in [0.29, 0.717) is 13.2 Å². The van der Waals surface area contributed by atoms with Crippen molar-refractivity contribution in [3.8, 4) is 0 Å². The average Bonchev–Trinajstić information content (AvgIpc) is 2.74. The molecule has 29 heavy (non-hydrogen) atoms. The third-order valence-corrected chi connectivity index (χ3v) is 5.27. The van der Waals surface area contributed by atoms with Crippen molar-refractivity contribution in [3.63, 3.8) is 0 Å². The molecule has 0 aliphatic carbocycles. The predicted octanol–water partition coefficient (Wildman–Crippen LogP) is -0.0582. The number of nitrogens with one attached hydrogen (secondary N) is 2. The van der Waals surface area contributed by atoms with E-state index in [1.807, 2.05) is 0 Å². The molecule has 8 nitrogen and oxygen atoms in total. The molecular weight excluding hydrogens is 370 g/mol. The van der Waals surface area contributed by atoms with Crippen LogP contribution in [0.1, 0.15) is 11.4 Å². The van der Waals surface area contributed by atoms with Gasteiger partial charge in [0.05, 0.1) is 51.0 Å². The van der Waals surface area contributed by atoms with E-state index in [9.17, 15) is 0 Å². The van der Waals surface area contributed by atoms with Crippen molar-refractivity contribution >= 4 is 0 Å². The predicted molar refractivity (Wildman–Crippen MR) is 113 cm³/mol. The summed E-state index contributed by atoms with van der Waals surface area (Å²) in [6.07, 6.45) is 0. The fraction of sp³-hybridized carbons (Fsp3) is 0.762. The Morgan fingerprint density at radius 3 is 1.55 bits per heavy atom. The SMILES string of the molecule is c1cc2nc(c1)CNCCN1CCOCCOCCN(CCNC2)CCOCC1. The van der Waals surface area contributed by atoms with Gasteiger partial charge in [-0.25, -0.2) is 0 Å².